The Morgan fingerprint density at radius 3 is 2.39 bits per heavy atom. The summed E-state index contributed by atoms with van der Waals surface area (Å²) in [5, 5.41) is 14.5. The third-order valence-electron chi connectivity index (χ3n) is 4.25. The lowest BCUT2D eigenvalue weighted by Crippen LogP contribution is -2.12. The van der Waals surface area contributed by atoms with E-state index in [4.69, 9.17) is 4.42 Å². The molecule has 1 amide bonds. The van der Waals surface area contributed by atoms with Gasteiger partial charge in [-0.05, 0) is 30.3 Å². The zero-order chi connectivity index (χ0) is 19.7. The molecule has 0 fully saturated rings. The van der Waals surface area contributed by atoms with Crippen molar-refractivity contribution in [3.05, 3.63) is 94.3 Å². The Morgan fingerprint density at radius 1 is 1.00 bits per heavy atom. The zero-order valence-corrected chi connectivity index (χ0v) is 14.4. The number of hydrogen-bond acceptors (Lipinski definition) is 4. The zero-order valence-electron chi connectivity index (χ0n) is 14.4. The number of hydrogen-bond donors (Lipinski definition) is 1. The topological polar surface area (TPSA) is 85.4 Å². The number of nitro benzene ring substituents is 1. The van der Waals surface area contributed by atoms with Crippen LogP contribution in [0.5, 0.6) is 0 Å². The Bertz CT molecular complexity index is 1180. The van der Waals surface area contributed by atoms with Crippen LogP contribution in [0.2, 0.25) is 0 Å². The first kappa shape index (κ1) is 17.4. The van der Waals surface area contributed by atoms with E-state index in [-0.39, 0.29) is 22.5 Å². The molecule has 0 bridgehead atoms. The van der Waals surface area contributed by atoms with Crippen molar-refractivity contribution < 1.29 is 18.5 Å². The minimum Gasteiger partial charge on any atom is -0.456 e. The molecule has 1 N–H and O–H groups in total. The van der Waals surface area contributed by atoms with Gasteiger partial charge in [0.05, 0.1) is 16.7 Å². The number of furan rings is 1. The third kappa shape index (κ3) is 3.33. The number of amides is 1. The molecule has 28 heavy (non-hydrogen) atoms. The quantitative estimate of drug-likeness (QED) is 0.382. The fourth-order valence-corrected chi connectivity index (χ4v) is 2.87. The molecule has 7 heteroatoms. The molecule has 0 aliphatic carbocycles. The first-order chi connectivity index (χ1) is 13.5. The summed E-state index contributed by atoms with van der Waals surface area (Å²) in [5.41, 5.74) is 1.34. The van der Waals surface area contributed by atoms with Crippen LogP contribution in [0.25, 0.3) is 22.3 Å². The molecule has 3 aromatic carbocycles. The number of carbonyl (C=O) groups is 1. The van der Waals surface area contributed by atoms with E-state index in [1.54, 1.807) is 6.07 Å². The number of benzene rings is 3. The van der Waals surface area contributed by atoms with Crippen molar-refractivity contribution in [3.63, 3.8) is 0 Å². The number of rotatable bonds is 4. The van der Waals surface area contributed by atoms with Crippen LogP contribution in [-0.4, -0.2) is 10.8 Å². The second-order valence-electron chi connectivity index (χ2n) is 6.10. The fourth-order valence-electron chi connectivity index (χ4n) is 2.87. The van der Waals surface area contributed by atoms with Crippen molar-refractivity contribution in [1.29, 1.82) is 0 Å². The van der Waals surface area contributed by atoms with Gasteiger partial charge in [0.2, 0.25) is 0 Å². The van der Waals surface area contributed by atoms with Crippen LogP contribution in [0.3, 0.4) is 0 Å². The molecule has 0 radical (unpaired) electrons. The van der Waals surface area contributed by atoms with Crippen LogP contribution < -0.4 is 5.32 Å². The summed E-state index contributed by atoms with van der Waals surface area (Å²) >= 11 is 0. The van der Waals surface area contributed by atoms with Crippen molar-refractivity contribution in [2.75, 3.05) is 5.32 Å². The van der Waals surface area contributed by atoms with Crippen LogP contribution in [0.1, 0.15) is 10.4 Å². The minimum absolute atomic E-state index is 0.212. The largest absolute Gasteiger partial charge is 0.456 e. The molecule has 0 aliphatic rings. The average molecular weight is 376 g/mol. The molecule has 0 saturated heterocycles. The van der Waals surface area contributed by atoms with Crippen molar-refractivity contribution in [2.45, 2.75) is 0 Å². The van der Waals surface area contributed by atoms with Gasteiger partial charge >= 0.3 is 0 Å². The van der Waals surface area contributed by atoms with E-state index in [2.05, 4.69) is 5.32 Å². The number of fused-ring (bicyclic) bond motifs is 1. The molecular formula is C21H13FN2O4. The number of nitrogens with one attached hydrogen (secondary N) is 1. The Hall–Kier alpha value is -4.00. The maximum absolute atomic E-state index is 13.1. The molecule has 1 heterocycles. The Kier molecular flexibility index (Phi) is 4.33. The molecule has 0 saturated carbocycles. The van der Waals surface area contributed by atoms with Gasteiger partial charge in [0.15, 0.2) is 0 Å². The lowest BCUT2D eigenvalue weighted by molar-refractivity contribution is -0.384. The van der Waals surface area contributed by atoms with E-state index >= 15 is 0 Å². The number of halogens is 1. The van der Waals surface area contributed by atoms with Crippen molar-refractivity contribution >= 4 is 28.3 Å². The fraction of sp³-hybridized carbons (Fsp3) is 0. The van der Waals surface area contributed by atoms with Gasteiger partial charge in [-0.25, -0.2) is 4.39 Å². The van der Waals surface area contributed by atoms with Crippen molar-refractivity contribution in [1.82, 2.24) is 0 Å². The number of non-ortho nitro benzene ring substituents is 1. The molecule has 0 spiro atoms. The van der Waals surface area contributed by atoms with Gasteiger partial charge in [0.1, 0.15) is 17.2 Å². The highest BCUT2D eigenvalue weighted by atomic mass is 19.1. The number of nitro groups is 1. The standard InChI is InChI=1S/C21H13FN2O4/c22-15-8-6-14(7-9-15)21(25)23-18-10-16(24(26)27)11-20-17(18)12-19(28-20)13-4-2-1-3-5-13/h1-12H,(H,23,25). The van der Waals surface area contributed by atoms with Crippen molar-refractivity contribution in [3.8, 4) is 11.3 Å². The molecule has 1 aromatic heterocycles. The lowest BCUT2D eigenvalue weighted by atomic mass is 10.1. The molecular weight excluding hydrogens is 363 g/mol. The third-order valence-corrected chi connectivity index (χ3v) is 4.25. The summed E-state index contributed by atoms with van der Waals surface area (Å²) in [6.07, 6.45) is 0. The van der Waals surface area contributed by atoms with E-state index in [0.717, 1.165) is 5.56 Å². The molecule has 0 aliphatic heterocycles. The van der Waals surface area contributed by atoms with E-state index in [9.17, 15) is 19.3 Å². The van der Waals surface area contributed by atoms with Gasteiger partial charge in [-0.15, -0.1) is 0 Å². The van der Waals surface area contributed by atoms with E-state index in [1.807, 2.05) is 30.3 Å². The summed E-state index contributed by atoms with van der Waals surface area (Å²) in [5.74, 6) is -0.450. The van der Waals surface area contributed by atoms with Gasteiger partial charge in [0, 0.05) is 22.6 Å². The highest BCUT2D eigenvalue weighted by Gasteiger charge is 2.18. The summed E-state index contributed by atoms with van der Waals surface area (Å²) in [7, 11) is 0. The Balaban J connectivity index is 1.79. The van der Waals surface area contributed by atoms with E-state index in [1.165, 1.54) is 36.4 Å². The molecule has 4 rings (SSSR count). The highest BCUT2D eigenvalue weighted by Crippen LogP contribution is 2.35. The van der Waals surface area contributed by atoms with Crippen LogP contribution in [-0.2, 0) is 0 Å². The number of carbonyl (C=O) groups excluding carboxylic acids is 1. The minimum atomic E-state index is -0.558. The van der Waals surface area contributed by atoms with Gasteiger partial charge in [-0.1, -0.05) is 30.3 Å². The molecule has 4 aromatic rings. The summed E-state index contributed by atoms with van der Waals surface area (Å²) in [4.78, 5) is 23.2. The molecule has 6 nitrogen and oxygen atoms in total. The summed E-state index contributed by atoms with van der Waals surface area (Å²) in [6, 6.07) is 18.6. The second kappa shape index (κ2) is 6.96. The van der Waals surface area contributed by atoms with Crippen LogP contribution >= 0.6 is 0 Å². The van der Waals surface area contributed by atoms with E-state index in [0.29, 0.717) is 11.1 Å². The molecule has 0 unspecified atom stereocenters. The highest BCUT2D eigenvalue weighted by molar-refractivity contribution is 6.09. The van der Waals surface area contributed by atoms with Gasteiger partial charge in [-0.3, -0.25) is 14.9 Å². The van der Waals surface area contributed by atoms with Crippen LogP contribution in [0.15, 0.2) is 77.2 Å². The smallest absolute Gasteiger partial charge is 0.275 e. The van der Waals surface area contributed by atoms with Gasteiger partial charge < -0.3 is 9.73 Å². The predicted octanol–water partition coefficient (Wildman–Crippen LogP) is 5.40. The molecule has 0 atom stereocenters. The van der Waals surface area contributed by atoms with Gasteiger partial charge in [0.25, 0.3) is 11.6 Å². The second-order valence-corrected chi connectivity index (χ2v) is 6.10. The Morgan fingerprint density at radius 2 is 1.71 bits per heavy atom. The number of anilines is 1. The first-order valence-electron chi connectivity index (χ1n) is 8.35. The van der Waals surface area contributed by atoms with Crippen LogP contribution in [0.4, 0.5) is 15.8 Å². The molecule has 138 valence electrons. The predicted molar refractivity (Wildman–Crippen MR) is 103 cm³/mol. The van der Waals surface area contributed by atoms with Crippen LogP contribution in [0, 0.1) is 15.9 Å². The van der Waals surface area contributed by atoms with E-state index < -0.39 is 16.6 Å². The lowest BCUT2D eigenvalue weighted by Gasteiger charge is -2.06. The Labute approximate surface area is 158 Å². The monoisotopic (exact) mass is 376 g/mol. The summed E-state index contributed by atoms with van der Waals surface area (Å²) < 4.78 is 18.9. The number of nitrogens with zero attached hydrogens (tertiary/aromatic N) is 1. The SMILES string of the molecule is O=C(Nc1cc([N+](=O)[O-])cc2oc(-c3ccccc3)cc12)c1ccc(F)cc1. The van der Waals surface area contributed by atoms with Crippen molar-refractivity contribution in [2.24, 2.45) is 0 Å². The first-order valence-corrected chi connectivity index (χ1v) is 8.35. The summed E-state index contributed by atoms with van der Waals surface area (Å²) in [6.45, 7) is 0. The maximum atomic E-state index is 13.1. The van der Waals surface area contributed by atoms with Gasteiger partial charge in [-0.2, -0.15) is 0 Å². The average Bonchev–Trinajstić information content (AvgIpc) is 3.13. The maximum Gasteiger partial charge on any atom is 0.275 e. The normalized spacial score (nSPS) is 10.8.